The fourth-order valence-electron chi connectivity index (χ4n) is 12.6. The molecule has 45 heteroatoms. The van der Waals surface area contributed by atoms with E-state index in [-0.39, 0.29) is 62.2 Å². The van der Waals surface area contributed by atoms with Crippen LogP contribution in [0.25, 0.3) is 22.5 Å². The zero-order chi connectivity index (χ0) is 102. The average Bonchev–Trinajstić information content (AvgIpc) is 1.66. The zero-order valence-corrected chi connectivity index (χ0v) is 81.8. The van der Waals surface area contributed by atoms with Crippen LogP contribution in [-0.2, 0) is 131 Å². The van der Waals surface area contributed by atoms with Crippen molar-refractivity contribution in [1.82, 2.24) is 66.2 Å². The number of sulfonamides is 4. The molecule has 7 aromatic carbocycles. The number of halogens is 15. The number of alkyl halides is 12. The summed E-state index contributed by atoms with van der Waals surface area (Å²) in [6.45, 7) is 2.65. The number of methoxy groups -OCH3 is 3. The highest BCUT2D eigenvalue weighted by molar-refractivity contribution is 9.10. The van der Waals surface area contributed by atoms with Crippen LogP contribution >= 0.6 is 31.9 Å². The number of nitrogens with one attached hydrogen (secondary N) is 1. The van der Waals surface area contributed by atoms with Gasteiger partial charge in [-0.15, -0.1) is 0 Å². The van der Waals surface area contributed by atoms with Crippen LogP contribution in [0.4, 0.5) is 62.8 Å². The van der Waals surface area contributed by atoms with Crippen molar-refractivity contribution in [1.29, 1.82) is 0 Å². The van der Waals surface area contributed by atoms with Gasteiger partial charge < -0.3 is 33.6 Å². The summed E-state index contributed by atoms with van der Waals surface area (Å²) >= 11 is 6.38. The number of rotatable bonds is 26. The second kappa shape index (κ2) is 47.3. The molecule has 3 N–H and O–H groups in total. The van der Waals surface area contributed by atoms with E-state index >= 15 is 0 Å². The molecule has 26 nitrogen and oxygen atoms in total. The Morgan fingerprint density at radius 3 is 0.964 bits per heavy atom. The van der Waals surface area contributed by atoms with Gasteiger partial charge in [0.1, 0.15) is 45.8 Å². The molecule has 7 heterocycles. The molecule has 0 atom stereocenters. The van der Waals surface area contributed by atoms with Gasteiger partial charge in [-0.3, -0.25) is 15.0 Å². The topological polar surface area (TPSA) is 317 Å². The number of imidazole rings is 3. The molecule has 0 aliphatic carbocycles. The highest BCUT2D eigenvalue weighted by Crippen LogP contribution is 2.37. The minimum Gasteiger partial charge on any atom is -0.497 e. The minimum atomic E-state index is -4.52. The molecular weight excluding hydrogens is 2040 g/mol. The lowest BCUT2D eigenvalue weighted by atomic mass is 9.99. The predicted octanol–water partition coefficient (Wildman–Crippen LogP) is 19.3. The number of nitrogens with zero attached hydrogens (tertiary/aromatic N) is 13. The molecular formula is C93H92Br2F13N15O11S4. The number of hydrogen-bond acceptors (Lipinski definition) is 19. The van der Waals surface area contributed by atoms with E-state index in [0.717, 1.165) is 82.5 Å². The monoisotopic (exact) mass is 2130 g/mol. The van der Waals surface area contributed by atoms with Crippen molar-refractivity contribution in [3.8, 4) is 39.8 Å². The molecule has 0 bridgehead atoms. The maximum absolute atomic E-state index is 13.4. The Labute approximate surface area is 805 Å². The van der Waals surface area contributed by atoms with Crippen molar-refractivity contribution in [2.75, 3.05) is 55.3 Å². The lowest BCUT2D eigenvalue weighted by molar-refractivity contribution is -0.142. The molecule has 734 valence electrons. The van der Waals surface area contributed by atoms with Crippen LogP contribution in [0.3, 0.4) is 0 Å². The number of nitrogens with two attached hydrogens (primary N) is 1. The number of anilines is 1. The number of aromatic nitrogens is 10. The lowest BCUT2D eigenvalue weighted by Crippen LogP contribution is -2.26. The van der Waals surface area contributed by atoms with E-state index in [1.807, 2.05) is 24.1 Å². The van der Waals surface area contributed by atoms with Gasteiger partial charge in [0.2, 0.25) is 40.1 Å². The smallest absolute Gasteiger partial charge is 0.433 e. The summed E-state index contributed by atoms with van der Waals surface area (Å²) in [5.74, 6) is 1.56. The summed E-state index contributed by atoms with van der Waals surface area (Å²) in [6.07, 6.45) is -1.04. The number of benzene rings is 7. The van der Waals surface area contributed by atoms with Crippen molar-refractivity contribution < 1.29 is 105 Å². The quantitative estimate of drug-likeness (QED) is 0.0476. The molecule has 7 aromatic heterocycles. The number of aryl methyl sites for hydroxylation is 4. The number of pyridine rings is 4. The normalized spacial score (nSPS) is 11.9. The summed E-state index contributed by atoms with van der Waals surface area (Å²) in [4.78, 5) is 26.6. The maximum Gasteiger partial charge on any atom is 0.433 e. The molecule has 0 aliphatic rings. The van der Waals surface area contributed by atoms with E-state index in [0.29, 0.717) is 72.9 Å². The van der Waals surface area contributed by atoms with Gasteiger partial charge in [0, 0.05) is 121 Å². The minimum absolute atomic E-state index is 0.0387. The Morgan fingerprint density at radius 1 is 0.377 bits per heavy atom. The van der Waals surface area contributed by atoms with E-state index in [4.69, 9.17) is 19.9 Å². The van der Waals surface area contributed by atoms with Gasteiger partial charge in [-0.2, -0.15) is 65.6 Å². The van der Waals surface area contributed by atoms with Crippen LogP contribution in [0.15, 0.2) is 285 Å². The van der Waals surface area contributed by atoms with Crippen LogP contribution in [0.1, 0.15) is 85.5 Å². The molecule has 0 saturated carbocycles. The molecule has 0 radical (unpaired) electrons. The molecule has 0 amide bonds. The van der Waals surface area contributed by atoms with E-state index in [2.05, 4.69) is 78.4 Å². The first-order valence-electron chi connectivity index (χ1n) is 40.7. The molecule has 138 heavy (non-hydrogen) atoms. The third kappa shape index (κ3) is 30.8. The number of ether oxygens (including phenoxy) is 3. The first kappa shape index (κ1) is 109. The van der Waals surface area contributed by atoms with E-state index in [1.165, 1.54) is 120 Å². The van der Waals surface area contributed by atoms with E-state index in [1.54, 1.807) is 167 Å². The van der Waals surface area contributed by atoms with Crippen LogP contribution in [0, 0.1) is 5.82 Å². The fraction of sp³-hybridized carbons (Fsp3) is 0.237. The van der Waals surface area contributed by atoms with Gasteiger partial charge in [0.25, 0.3) is 0 Å². The van der Waals surface area contributed by atoms with Crippen LogP contribution < -0.4 is 24.7 Å². The summed E-state index contributed by atoms with van der Waals surface area (Å²) in [6, 6.07) is 47.8. The van der Waals surface area contributed by atoms with Gasteiger partial charge >= 0.3 is 24.7 Å². The van der Waals surface area contributed by atoms with Gasteiger partial charge in [0.15, 0.2) is 0 Å². The van der Waals surface area contributed by atoms with Gasteiger partial charge in [-0.25, -0.2) is 62.7 Å². The summed E-state index contributed by atoms with van der Waals surface area (Å²) in [5.41, 5.74) is 11.2. The molecule has 0 unspecified atom stereocenters. The second-order valence-electron chi connectivity index (χ2n) is 30.4. The predicted molar refractivity (Wildman–Crippen MR) is 499 cm³/mol. The fourth-order valence-corrected chi connectivity index (χ4v) is 18.2. The van der Waals surface area contributed by atoms with Crippen molar-refractivity contribution >= 4 is 77.6 Å². The van der Waals surface area contributed by atoms with Gasteiger partial charge in [0.05, 0.1) is 93.3 Å². The van der Waals surface area contributed by atoms with Crippen LogP contribution in [0.2, 0.25) is 0 Å². The molecule has 0 aliphatic heterocycles. The number of nitrogen functional groups attached to an aromatic ring is 1. The molecule has 0 fully saturated rings. The Bertz CT molecular complexity index is 6900. The highest BCUT2D eigenvalue weighted by atomic mass is 79.9. The van der Waals surface area contributed by atoms with E-state index in [9.17, 15) is 90.7 Å². The van der Waals surface area contributed by atoms with Crippen LogP contribution in [0.5, 0.6) is 17.2 Å². The Balaban J connectivity index is 0.000000195. The average molecular weight is 2130 g/mol. The van der Waals surface area contributed by atoms with Crippen molar-refractivity contribution in [3.05, 3.63) is 350 Å². The summed E-state index contributed by atoms with van der Waals surface area (Å²) < 4.78 is 293. The van der Waals surface area contributed by atoms with E-state index < -0.39 is 93.4 Å². The Hall–Kier alpha value is -12.3. The number of hydrogen-bond donors (Lipinski definition) is 2. The first-order chi connectivity index (χ1) is 64.7. The Morgan fingerprint density at radius 2 is 0.681 bits per heavy atom. The molecule has 14 aromatic rings. The zero-order valence-electron chi connectivity index (χ0n) is 75.4. The van der Waals surface area contributed by atoms with Crippen LogP contribution in [-0.4, -0.2) is 145 Å². The van der Waals surface area contributed by atoms with Crippen molar-refractivity contribution in [2.45, 2.75) is 96.5 Å². The van der Waals surface area contributed by atoms with Crippen molar-refractivity contribution in [2.24, 2.45) is 21.1 Å². The largest absolute Gasteiger partial charge is 0.497 e. The maximum atomic E-state index is 13.4. The van der Waals surface area contributed by atoms with Gasteiger partial charge in [-0.1, -0.05) is 95.7 Å². The first-order valence-corrected chi connectivity index (χ1v) is 48.1. The van der Waals surface area contributed by atoms with Crippen molar-refractivity contribution in [3.63, 3.8) is 0 Å². The SMILES string of the molecule is CCc1cn(C)cn1.CNS(=O)(=O)c1ccc(Cc2ccc(C(F)(F)F)nc2)c(-c2cn(C)cn2)c1.COc1ccc(CN(C)S(=O)(=O)c2ccc(Cc3ccc(C(F)(F)F)nc3)c(-c3cn(C)cn3)c2)cc1.COc1ccc(CN(C)S(=O)(=O)c2ccc(Cc3ccc(C(F)(F)F)nc3)c(Br)c2)cc1.COc1ccc(CN(C)S(=O)(=O)c2ccc(F)c(Br)c2)cc1.Nc1ccc(C(F)(F)F)nc1. The molecule has 14 rings (SSSR count). The molecule has 0 saturated heterocycles. The molecule has 0 spiro atoms. The summed E-state index contributed by atoms with van der Waals surface area (Å²) in [7, 11) is 1.08. The Kier molecular flexibility index (Phi) is 37.5. The lowest BCUT2D eigenvalue weighted by Gasteiger charge is -2.19. The third-order valence-electron chi connectivity index (χ3n) is 20.2. The highest BCUT2D eigenvalue weighted by Gasteiger charge is 2.36. The second-order valence-corrected chi connectivity index (χ2v) is 40.1. The third-order valence-corrected chi connectivity index (χ3v) is 28.3. The summed E-state index contributed by atoms with van der Waals surface area (Å²) in [5, 5.41) is 0. The van der Waals surface area contributed by atoms with Gasteiger partial charge in [-0.05, 0) is 214 Å². The standard InChI is InChI=1S/C26H25F3N4O3S.C22H20BrF3N2O3S.C18H17F3N4O2S.C15H15BrFNO3S.C6H5F3N2.C6H10N2/c1-32-16-24(31-17-32)23-13-22(37(34,35)33(2)15-18-4-8-21(36-3)9-5-18)10-7-20(23)12-19-6-11-25(30-14-19)26(27,28)29;1-28(14-15-3-7-18(31-2)8-4-15)32(29,30)19-9-6-17(20(23)12-19)11-16-5-10-21(27-13-16)22(24,25)26;1-22-28(26,27)14-5-4-13(15(8-14)16-10-25(2)11-24-16)7-12-3-6-17(23-9-12)18(19,20)21;1-18(10-11-3-5-12(21-2)6-4-11)22(19,20)13-7-8-15(17)14(16)9-13;7-6(8,9)5-2-1-4(10)3-11-5;1-3-6-4-8(2)5-7-6/h4-11,13-14,16-17H,12,15H2,1-3H3;3-10,12-13H,11,14H2,1-2H3;3-6,8-11,22H,7H2,1-2H3;3-9H,10H2,1-2H3;1-3H,10H2;4-5H,3H2,1-2H3.